The quantitative estimate of drug-likeness (QED) is 0.642. The second-order valence-corrected chi connectivity index (χ2v) is 5.70. The van der Waals surface area contributed by atoms with Gasteiger partial charge in [-0.05, 0) is 44.2 Å². The number of carbonyl (C=O) groups is 1. The van der Waals surface area contributed by atoms with Crippen molar-refractivity contribution in [2.75, 3.05) is 0 Å². The molecule has 0 saturated carbocycles. The lowest BCUT2D eigenvalue weighted by molar-refractivity contribution is 0.112. The van der Waals surface area contributed by atoms with Gasteiger partial charge >= 0.3 is 7.12 Å². The Morgan fingerprint density at radius 2 is 2.13 bits per heavy atom. The Hall–Kier alpha value is -2.60. The molecule has 1 aromatic carbocycles. The van der Waals surface area contributed by atoms with Crippen LogP contribution in [0.25, 0.3) is 0 Å². The zero-order valence-electron chi connectivity index (χ0n) is 13.0. The highest BCUT2D eigenvalue weighted by atomic mass is 16.7. The Labute approximate surface area is 135 Å². The van der Waals surface area contributed by atoms with E-state index < -0.39 is 12.7 Å². The van der Waals surface area contributed by atoms with Crippen molar-refractivity contribution < 1.29 is 18.8 Å². The van der Waals surface area contributed by atoms with Crippen molar-refractivity contribution in [1.82, 2.24) is 4.98 Å². The Morgan fingerprint density at radius 3 is 2.74 bits per heavy atom. The predicted octanol–water partition coefficient (Wildman–Crippen LogP) is 2.72. The molecule has 1 saturated heterocycles. The maximum atomic E-state index is 11.3. The van der Waals surface area contributed by atoms with Gasteiger partial charge in [-0.3, -0.25) is 9.78 Å². The van der Waals surface area contributed by atoms with E-state index in [1.165, 1.54) is 0 Å². The number of hydrogen-bond acceptors (Lipinski definition) is 5. The minimum atomic E-state index is -0.685. The molecule has 5 nitrogen and oxygen atoms in total. The minimum absolute atomic E-state index is 0.485. The van der Waals surface area contributed by atoms with Gasteiger partial charge in [0.25, 0.3) is 0 Å². The van der Waals surface area contributed by atoms with Crippen LogP contribution in [0.15, 0.2) is 55.1 Å². The zero-order valence-corrected chi connectivity index (χ0v) is 13.0. The lowest BCUT2D eigenvalue weighted by Crippen LogP contribution is -2.36. The van der Waals surface area contributed by atoms with Gasteiger partial charge in [-0.2, -0.15) is 0 Å². The summed E-state index contributed by atoms with van der Waals surface area (Å²) in [6.45, 7) is 7.59. The van der Waals surface area contributed by atoms with Gasteiger partial charge < -0.3 is 14.0 Å². The van der Waals surface area contributed by atoms with Gasteiger partial charge in [0.15, 0.2) is 0 Å². The zero-order chi connectivity index (χ0) is 16.4. The molecule has 0 radical (unpaired) electrons. The van der Waals surface area contributed by atoms with Crippen LogP contribution in [-0.2, 0) is 9.31 Å². The summed E-state index contributed by atoms with van der Waals surface area (Å²) in [7, 11) is -0.685. The first-order valence-electron chi connectivity index (χ1n) is 7.20. The van der Waals surface area contributed by atoms with E-state index in [9.17, 15) is 4.79 Å². The summed E-state index contributed by atoms with van der Waals surface area (Å²) in [6.07, 6.45) is 4.05. The van der Waals surface area contributed by atoms with Gasteiger partial charge in [0.05, 0.1) is 12.0 Å². The number of nitrogens with zero attached hydrogens (tertiary/aromatic N) is 1. The van der Waals surface area contributed by atoms with Gasteiger partial charge in [0, 0.05) is 17.2 Å². The van der Waals surface area contributed by atoms with E-state index >= 15 is 0 Å². The maximum absolute atomic E-state index is 11.3. The van der Waals surface area contributed by atoms with E-state index in [4.69, 9.17) is 14.0 Å². The molecule has 23 heavy (non-hydrogen) atoms. The lowest BCUT2D eigenvalue weighted by Gasteiger charge is -2.16. The molecule has 2 heterocycles. The first kappa shape index (κ1) is 15.3. The normalized spacial score (nSPS) is 16.1. The van der Waals surface area contributed by atoms with E-state index in [0.717, 1.165) is 6.29 Å². The van der Waals surface area contributed by atoms with Crippen LogP contribution in [0.3, 0.4) is 0 Å². The Morgan fingerprint density at radius 1 is 1.30 bits per heavy atom. The van der Waals surface area contributed by atoms with E-state index in [2.05, 4.69) is 11.6 Å². The van der Waals surface area contributed by atoms with Gasteiger partial charge in [0.1, 0.15) is 23.4 Å². The molecule has 116 valence electrons. The van der Waals surface area contributed by atoms with Crippen LogP contribution in [0.1, 0.15) is 24.2 Å². The fourth-order valence-electron chi connectivity index (χ4n) is 2.23. The molecule has 2 aromatic rings. The topological polar surface area (TPSA) is 57.7 Å². The predicted molar refractivity (Wildman–Crippen MR) is 86.9 cm³/mol. The molecule has 0 amide bonds. The third-order valence-corrected chi connectivity index (χ3v) is 3.63. The molecule has 6 heteroatoms. The van der Waals surface area contributed by atoms with Gasteiger partial charge in [0.2, 0.25) is 0 Å². The Balaban J connectivity index is 1.91. The second-order valence-electron chi connectivity index (χ2n) is 5.70. The number of hydrogen-bond donors (Lipinski definition) is 0. The summed E-state index contributed by atoms with van der Waals surface area (Å²) in [5, 5.41) is 0. The van der Waals surface area contributed by atoms with Crippen molar-refractivity contribution in [3.8, 4) is 11.5 Å². The average molecular weight is 309 g/mol. The van der Waals surface area contributed by atoms with Crippen molar-refractivity contribution in [1.29, 1.82) is 0 Å². The van der Waals surface area contributed by atoms with Gasteiger partial charge in [-0.15, -0.1) is 0 Å². The summed E-state index contributed by atoms with van der Waals surface area (Å²) in [5.41, 5.74) is 0.484. The molecule has 1 fully saturated rings. The first-order chi connectivity index (χ1) is 11.0. The lowest BCUT2D eigenvalue weighted by atomic mass is 9.76. The van der Waals surface area contributed by atoms with E-state index in [-0.39, 0.29) is 0 Å². The number of rotatable bonds is 4. The van der Waals surface area contributed by atoms with E-state index in [0.29, 0.717) is 28.3 Å². The molecule has 1 aliphatic heterocycles. The van der Waals surface area contributed by atoms with Crippen molar-refractivity contribution in [3.05, 3.63) is 60.6 Å². The minimum Gasteiger partial charge on any atom is -0.534 e. The van der Waals surface area contributed by atoms with Crippen molar-refractivity contribution in [3.63, 3.8) is 0 Å². The Kier molecular flexibility index (Phi) is 3.92. The summed E-state index contributed by atoms with van der Waals surface area (Å²) >= 11 is 0. The highest BCUT2D eigenvalue weighted by Crippen LogP contribution is 2.30. The number of benzene rings is 1. The molecule has 0 spiro atoms. The summed E-state index contributed by atoms with van der Waals surface area (Å²) < 4.78 is 17.3. The number of carbonyl (C=O) groups excluding carboxylic acids is 1. The van der Waals surface area contributed by atoms with E-state index in [1.807, 2.05) is 13.8 Å². The number of aromatic nitrogens is 1. The third-order valence-electron chi connectivity index (χ3n) is 3.63. The number of aldehydes is 1. The molecular weight excluding hydrogens is 293 g/mol. The highest BCUT2D eigenvalue weighted by molar-refractivity contribution is 6.63. The standard InChI is InChI=1S/C17H16BNO4/c1-12-17(2,3)23-18(22-12)16-9-14(7-6-13(16)11-20)21-15-5-4-8-19-10-15/h4-11H,1H2,2-3H3. The van der Waals surface area contributed by atoms with Crippen LogP contribution in [0, 0.1) is 0 Å². The first-order valence-corrected chi connectivity index (χ1v) is 7.20. The van der Waals surface area contributed by atoms with E-state index in [1.54, 1.807) is 42.7 Å². The fraction of sp³-hybridized carbons (Fsp3) is 0.176. The largest absolute Gasteiger partial charge is 0.564 e. The summed E-state index contributed by atoms with van der Waals surface area (Å²) in [5.74, 6) is 1.70. The van der Waals surface area contributed by atoms with Gasteiger partial charge in [-0.25, -0.2) is 0 Å². The van der Waals surface area contributed by atoms with Crippen molar-refractivity contribution in [2.45, 2.75) is 19.4 Å². The van der Waals surface area contributed by atoms with Crippen LogP contribution in [-0.4, -0.2) is 24.0 Å². The molecule has 0 atom stereocenters. The average Bonchev–Trinajstić information content (AvgIpc) is 2.82. The molecular formula is C17H16BNO4. The van der Waals surface area contributed by atoms with Crippen molar-refractivity contribution in [2.24, 2.45) is 0 Å². The van der Waals surface area contributed by atoms with Crippen molar-refractivity contribution >= 4 is 18.9 Å². The molecule has 0 N–H and O–H groups in total. The van der Waals surface area contributed by atoms with Gasteiger partial charge in [-0.1, -0.05) is 6.58 Å². The second kappa shape index (κ2) is 5.89. The molecule has 3 rings (SSSR count). The SMILES string of the molecule is C=C1OB(c2cc(Oc3cccnc3)ccc2C=O)OC1(C)C. The van der Waals surface area contributed by atoms with Crippen LogP contribution in [0.2, 0.25) is 0 Å². The van der Waals surface area contributed by atoms with Crippen LogP contribution in [0.5, 0.6) is 11.5 Å². The molecule has 0 unspecified atom stereocenters. The number of pyridine rings is 1. The number of ether oxygens (including phenoxy) is 1. The molecule has 1 aliphatic rings. The fourth-order valence-corrected chi connectivity index (χ4v) is 2.23. The molecule has 1 aromatic heterocycles. The van der Waals surface area contributed by atoms with Crippen LogP contribution < -0.4 is 10.2 Å². The smallest absolute Gasteiger partial charge is 0.534 e. The summed E-state index contributed by atoms with van der Waals surface area (Å²) in [4.78, 5) is 15.3. The molecule has 0 aliphatic carbocycles. The molecule has 0 bridgehead atoms. The maximum Gasteiger partial charge on any atom is 0.564 e. The van der Waals surface area contributed by atoms with Crippen LogP contribution >= 0.6 is 0 Å². The monoisotopic (exact) mass is 309 g/mol. The third kappa shape index (κ3) is 3.12. The summed E-state index contributed by atoms with van der Waals surface area (Å²) in [6, 6.07) is 8.71. The van der Waals surface area contributed by atoms with Crippen LogP contribution in [0.4, 0.5) is 0 Å². The highest BCUT2D eigenvalue weighted by Gasteiger charge is 2.43. The Bertz CT molecular complexity index is 746.